The molecule has 1 amide bonds. The highest BCUT2D eigenvalue weighted by Crippen LogP contribution is 2.37. The first-order valence-electron chi connectivity index (χ1n) is 9.55. The second-order valence-corrected chi connectivity index (χ2v) is 6.41. The van der Waals surface area contributed by atoms with E-state index >= 15 is 0 Å². The van der Waals surface area contributed by atoms with Crippen LogP contribution < -0.4 is 24.4 Å². The molecule has 0 saturated carbocycles. The first-order chi connectivity index (χ1) is 15.2. The Balaban J connectivity index is 1.78. The minimum Gasteiger partial charge on any atom is -0.493 e. The summed E-state index contributed by atoms with van der Waals surface area (Å²) >= 11 is 0. The van der Waals surface area contributed by atoms with Gasteiger partial charge in [0.25, 0.3) is 5.91 Å². The highest BCUT2D eigenvalue weighted by atomic mass is 16.5. The van der Waals surface area contributed by atoms with Crippen LogP contribution in [0, 0.1) is 0 Å². The Morgan fingerprint density at radius 3 is 2.00 bits per heavy atom. The van der Waals surface area contributed by atoms with Gasteiger partial charge in [-0.2, -0.15) is 5.10 Å². The quantitative estimate of drug-likeness (QED) is 0.418. The molecule has 0 radical (unpaired) electrons. The number of hydrogen-bond acceptors (Lipinski definition) is 6. The lowest BCUT2D eigenvalue weighted by Crippen LogP contribution is -2.29. The Hall–Kier alpha value is -4.00. The van der Waals surface area contributed by atoms with Gasteiger partial charge in [0, 0.05) is 11.1 Å². The van der Waals surface area contributed by atoms with Gasteiger partial charge >= 0.3 is 0 Å². The van der Waals surface area contributed by atoms with E-state index in [9.17, 15) is 4.79 Å². The summed E-state index contributed by atoms with van der Waals surface area (Å²) in [5, 5.41) is 4.08. The third-order valence-corrected chi connectivity index (χ3v) is 4.41. The van der Waals surface area contributed by atoms with Gasteiger partial charge in [-0.1, -0.05) is 48.5 Å². The molecule has 3 aromatic rings. The molecular formula is C24H24N2O5. The van der Waals surface area contributed by atoms with Crippen LogP contribution in [0.3, 0.4) is 0 Å². The van der Waals surface area contributed by atoms with Gasteiger partial charge in [-0.15, -0.1) is 0 Å². The van der Waals surface area contributed by atoms with Crippen molar-refractivity contribution < 1.29 is 23.7 Å². The molecule has 3 aromatic carbocycles. The lowest BCUT2D eigenvalue weighted by molar-refractivity contribution is -0.128. The minimum atomic E-state index is -0.860. The van der Waals surface area contributed by atoms with E-state index < -0.39 is 12.0 Å². The molecule has 0 aliphatic carbocycles. The number of nitrogens with zero attached hydrogens (tertiary/aromatic N) is 1. The molecule has 31 heavy (non-hydrogen) atoms. The largest absolute Gasteiger partial charge is 0.493 e. The van der Waals surface area contributed by atoms with Crippen molar-refractivity contribution >= 4 is 12.1 Å². The topological polar surface area (TPSA) is 78.4 Å². The molecule has 0 aromatic heterocycles. The maximum absolute atomic E-state index is 12.9. The van der Waals surface area contributed by atoms with Crippen LogP contribution in [0.5, 0.6) is 23.0 Å². The van der Waals surface area contributed by atoms with Crippen molar-refractivity contribution in [2.75, 3.05) is 21.3 Å². The number of hydrogen-bond donors (Lipinski definition) is 1. The number of para-hydroxylation sites is 1. The number of nitrogens with one attached hydrogen (secondary N) is 1. The van der Waals surface area contributed by atoms with Crippen LogP contribution in [0.25, 0.3) is 0 Å². The van der Waals surface area contributed by atoms with Gasteiger partial charge in [0.05, 0.1) is 27.5 Å². The van der Waals surface area contributed by atoms with E-state index in [4.69, 9.17) is 18.9 Å². The smallest absolute Gasteiger partial charge is 0.285 e. The molecule has 0 heterocycles. The molecule has 160 valence electrons. The van der Waals surface area contributed by atoms with Crippen LogP contribution in [0.15, 0.2) is 77.9 Å². The Morgan fingerprint density at radius 2 is 1.45 bits per heavy atom. The highest BCUT2D eigenvalue weighted by molar-refractivity contribution is 5.86. The van der Waals surface area contributed by atoms with E-state index in [1.165, 1.54) is 27.5 Å². The van der Waals surface area contributed by atoms with Crippen molar-refractivity contribution in [2.24, 2.45) is 5.10 Å². The summed E-state index contributed by atoms with van der Waals surface area (Å²) in [5.41, 5.74) is 3.92. The van der Waals surface area contributed by atoms with Crippen LogP contribution >= 0.6 is 0 Å². The van der Waals surface area contributed by atoms with E-state index in [1.807, 2.05) is 48.5 Å². The van der Waals surface area contributed by atoms with Crippen LogP contribution in [0.2, 0.25) is 0 Å². The molecule has 0 bridgehead atoms. The first-order valence-corrected chi connectivity index (χ1v) is 9.55. The predicted octanol–water partition coefficient (Wildman–Crippen LogP) is 3.98. The van der Waals surface area contributed by atoms with Gasteiger partial charge in [0.1, 0.15) is 5.75 Å². The Kier molecular flexibility index (Phi) is 7.48. The summed E-state index contributed by atoms with van der Waals surface area (Å²) in [6.45, 7) is 0. The summed E-state index contributed by atoms with van der Waals surface area (Å²) in [6.07, 6.45) is 0.633. The fourth-order valence-electron chi connectivity index (χ4n) is 2.94. The van der Waals surface area contributed by atoms with Crippen LogP contribution in [-0.2, 0) is 4.79 Å². The van der Waals surface area contributed by atoms with Gasteiger partial charge in [-0.05, 0) is 24.3 Å². The Morgan fingerprint density at radius 1 is 0.871 bits per heavy atom. The van der Waals surface area contributed by atoms with Crippen molar-refractivity contribution in [3.05, 3.63) is 83.9 Å². The van der Waals surface area contributed by atoms with Gasteiger partial charge in [-0.25, -0.2) is 5.43 Å². The lowest BCUT2D eigenvalue weighted by Gasteiger charge is -2.18. The summed E-state index contributed by atoms with van der Waals surface area (Å²) in [5.74, 6) is 1.64. The third-order valence-electron chi connectivity index (χ3n) is 4.41. The summed E-state index contributed by atoms with van der Waals surface area (Å²) in [7, 11) is 4.60. The molecule has 0 aliphatic heterocycles. The zero-order valence-electron chi connectivity index (χ0n) is 17.6. The lowest BCUT2D eigenvalue weighted by atomic mass is 10.1. The molecule has 3 rings (SSSR count). The molecule has 1 N–H and O–H groups in total. The van der Waals surface area contributed by atoms with Crippen molar-refractivity contribution in [3.8, 4) is 23.0 Å². The molecule has 0 spiro atoms. The van der Waals surface area contributed by atoms with E-state index in [2.05, 4.69) is 10.5 Å². The van der Waals surface area contributed by atoms with Gasteiger partial charge in [-0.3, -0.25) is 4.79 Å². The number of amides is 1. The third kappa shape index (κ3) is 5.54. The molecule has 0 saturated heterocycles. The number of hydrazone groups is 1. The fraction of sp³-hybridized carbons (Fsp3) is 0.167. The normalized spacial score (nSPS) is 11.6. The molecule has 1 unspecified atom stereocenters. The monoisotopic (exact) mass is 420 g/mol. The average molecular weight is 420 g/mol. The average Bonchev–Trinajstić information content (AvgIpc) is 2.82. The van der Waals surface area contributed by atoms with E-state index in [0.717, 1.165) is 0 Å². The second kappa shape index (κ2) is 10.7. The second-order valence-electron chi connectivity index (χ2n) is 6.41. The van der Waals surface area contributed by atoms with Crippen molar-refractivity contribution in [1.29, 1.82) is 0 Å². The first kappa shape index (κ1) is 21.7. The maximum Gasteiger partial charge on any atom is 0.285 e. The number of rotatable bonds is 9. The number of ether oxygens (including phenoxy) is 4. The Labute approximate surface area is 181 Å². The number of benzene rings is 3. The van der Waals surface area contributed by atoms with Gasteiger partial charge in [0.15, 0.2) is 11.5 Å². The van der Waals surface area contributed by atoms with Crippen molar-refractivity contribution in [1.82, 2.24) is 5.43 Å². The number of carbonyl (C=O) groups is 1. The maximum atomic E-state index is 12.9. The standard InChI is InChI=1S/C24H24N2O5/c1-28-20-14-17(15-21(29-2)23(20)30-3)16-25-26-24(27)22(18-10-6-4-7-11-18)31-19-12-8-5-9-13-19/h4-16,22H,1-3H3,(H,26,27). The SMILES string of the molecule is COc1cc(C=NNC(=O)C(Oc2ccccc2)c2ccccc2)cc(OC)c1OC. The molecular weight excluding hydrogens is 396 g/mol. The zero-order valence-corrected chi connectivity index (χ0v) is 17.6. The zero-order chi connectivity index (χ0) is 22.1. The van der Waals surface area contributed by atoms with E-state index in [-0.39, 0.29) is 0 Å². The van der Waals surface area contributed by atoms with Crippen LogP contribution in [0.1, 0.15) is 17.2 Å². The molecule has 0 fully saturated rings. The molecule has 1 atom stereocenters. The Bertz CT molecular complexity index is 998. The van der Waals surface area contributed by atoms with E-state index in [0.29, 0.717) is 34.1 Å². The van der Waals surface area contributed by atoms with Crippen molar-refractivity contribution in [3.63, 3.8) is 0 Å². The fourth-order valence-corrected chi connectivity index (χ4v) is 2.94. The van der Waals surface area contributed by atoms with Crippen LogP contribution in [0.4, 0.5) is 0 Å². The molecule has 0 aliphatic rings. The summed E-state index contributed by atoms with van der Waals surface area (Å²) in [6, 6.07) is 21.9. The van der Waals surface area contributed by atoms with Gasteiger partial charge < -0.3 is 18.9 Å². The van der Waals surface area contributed by atoms with Gasteiger partial charge in [0.2, 0.25) is 11.9 Å². The van der Waals surface area contributed by atoms with Crippen LogP contribution in [-0.4, -0.2) is 33.5 Å². The number of carbonyl (C=O) groups excluding carboxylic acids is 1. The summed E-state index contributed by atoms with van der Waals surface area (Å²) < 4.78 is 21.9. The molecule has 7 nitrogen and oxygen atoms in total. The highest BCUT2D eigenvalue weighted by Gasteiger charge is 2.22. The predicted molar refractivity (Wildman–Crippen MR) is 118 cm³/mol. The molecule has 7 heteroatoms. The van der Waals surface area contributed by atoms with E-state index in [1.54, 1.807) is 24.3 Å². The van der Waals surface area contributed by atoms with Crippen molar-refractivity contribution in [2.45, 2.75) is 6.10 Å². The summed E-state index contributed by atoms with van der Waals surface area (Å²) in [4.78, 5) is 12.9. The minimum absolute atomic E-state index is 0.404. The number of methoxy groups -OCH3 is 3.